The average molecular weight is 411 g/mol. The Hall–Kier alpha value is -2.87. The second-order valence-corrected chi connectivity index (χ2v) is 8.31. The molecule has 0 radical (unpaired) electrons. The van der Waals surface area contributed by atoms with Crippen LogP contribution in [0.15, 0.2) is 36.4 Å². The molecule has 4 rings (SSSR count). The van der Waals surface area contributed by atoms with E-state index in [1.165, 1.54) is 6.42 Å². The van der Waals surface area contributed by atoms with E-state index in [0.717, 1.165) is 36.9 Å². The van der Waals surface area contributed by atoms with Crippen LogP contribution in [0, 0.1) is 5.92 Å². The van der Waals surface area contributed by atoms with Gasteiger partial charge in [-0.3, -0.25) is 15.4 Å². The molecule has 4 N–H and O–H groups in total. The first-order valence-corrected chi connectivity index (χ1v) is 10.8. The number of nitrogens with one attached hydrogen (secondary N) is 4. The Morgan fingerprint density at radius 2 is 1.87 bits per heavy atom. The Bertz CT molecular complexity index is 890. The number of carbonyl (C=O) groups excluding carboxylic acids is 2. The van der Waals surface area contributed by atoms with Crippen LogP contribution < -0.4 is 21.3 Å². The van der Waals surface area contributed by atoms with E-state index in [2.05, 4.69) is 21.3 Å². The molecule has 1 aromatic carbocycles. The molecule has 160 valence electrons. The second kappa shape index (κ2) is 8.87. The Kier molecular flexibility index (Phi) is 6.03. The number of hydrogen-bond acceptors (Lipinski definition) is 4. The monoisotopic (exact) mass is 410 g/mol. The first kappa shape index (κ1) is 20.4. The average Bonchev–Trinajstić information content (AvgIpc) is 3.16. The molecule has 2 heterocycles. The van der Waals surface area contributed by atoms with Crippen molar-refractivity contribution in [3.8, 4) is 11.3 Å². The Labute approximate surface area is 176 Å². The molecule has 2 aliphatic rings. The van der Waals surface area contributed by atoms with Gasteiger partial charge in [0, 0.05) is 23.7 Å². The molecule has 1 aliphatic carbocycles. The summed E-state index contributed by atoms with van der Waals surface area (Å²) in [4.78, 5) is 25.0. The lowest BCUT2D eigenvalue weighted by Gasteiger charge is -2.34. The van der Waals surface area contributed by atoms with Gasteiger partial charge in [0.05, 0.1) is 11.6 Å². The molecule has 1 aromatic heterocycles. The standard InChI is InChI=1S/C22H30N6O2/c1-14-15(2)23-21(26-20(14)29)28-19(13-18(27-28)16-9-5-3-6-10-16)25-22(30)24-17-11-7-4-8-12-17/h3,5-6,9-10,13-15,17,21,23H,4,7-8,11-12H2,1-2H3,(H,26,29)(H2,24,25,30). The summed E-state index contributed by atoms with van der Waals surface area (Å²) in [5.74, 6) is 0.346. The van der Waals surface area contributed by atoms with Crippen molar-refractivity contribution in [1.29, 1.82) is 0 Å². The third kappa shape index (κ3) is 4.48. The summed E-state index contributed by atoms with van der Waals surface area (Å²) >= 11 is 0. The van der Waals surface area contributed by atoms with E-state index in [9.17, 15) is 9.59 Å². The number of benzene rings is 1. The molecular weight excluding hydrogens is 380 g/mol. The van der Waals surface area contributed by atoms with Gasteiger partial charge >= 0.3 is 6.03 Å². The molecule has 2 aromatic rings. The maximum Gasteiger partial charge on any atom is 0.320 e. The fourth-order valence-electron chi connectivity index (χ4n) is 4.08. The van der Waals surface area contributed by atoms with Gasteiger partial charge in [-0.15, -0.1) is 0 Å². The maximum atomic E-state index is 12.7. The molecule has 1 aliphatic heterocycles. The van der Waals surface area contributed by atoms with Gasteiger partial charge in [-0.1, -0.05) is 56.5 Å². The minimum atomic E-state index is -0.536. The summed E-state index contributed by atoms with van der Waals surface area (Å²) in [5, 5.41) is 17.0. The van der Waals surface area contributed by atoms with E-state index in [1.807, 2.05) is 50.2 Å². The SMILES string of the molecule is CC1NC(n2nc(-c3ccccc3)cc2NC(=O)NC2CCCCC2)NC(=O)C1C. The van der Waals surface area contributed by atoms with Crippen LogP contribution in [-0.2, 0) is 4.79 Å². The number of carbonyl (C=O) groups is 2. The lowest BCUT2D eigenvalue weighted by Crippen LogP contribution is -2.57. The van der Waals surface area contributed by atoms with Crippen LogP contribution in [-0.4, -0.2) is 33.8 Å². The fourth-order valence-corrected chi connectivity index (χ4v) is 4.08. The number of aromatic nitrogens is 2. The van der Waals surface area contributed by atoms with Crippen molar-refractivity contribution in [2.24, 2.45) is 5.92 Å². The first-order chi connectivity index (χ1) is 14.5. The Morgan fingerprint density at radius 3 is 2.57 bits per heavy atom. The van der Waals surface area contributed by atoms with Gasteiger partial charge in [-0.2, -0.15) is 5.10 Å². The molecule has 3 unspecified atom stereocenters. The third-order valence-corrected chi connectivity index (χ3v) is 6.10. The van der Waals surface area contributed by atoms with Crippen molar-refractivity contribution in [2.45, 2.75) is 64.3 Å². The predicted octanol–water partition coefficient (Wildman–Crippen LogP) is 3.20. The molecule has 2 fully saturated rings. The number of anilines is 1. The highest BCUT2D eigenvalue weighted by Gasteiger charge is 2.32. The van der Waals surface area contributed by atoms with Crippen LogP contribution in [0.1, 0.15) is 52.2 Å². The topological polar surface area (TPSA) is 100 Å². The zero-order valence-corrected chi connectivity index (χ0v) is 17.5. The van der Waals surface area contributed by atoms with E-state index in [0.29, 0.717) is 5.82 Å². The smallest absolute Gasteiger partial charge is 0.320 e. The van der Waals surface area contributed by atoms with Crippen molar-refractivity contribution in [1.82, 2.24) is 25.7 Å². The van der Waals surface area contributed by atoms with E-state index in [1.54, 1.807) is 4.68 Å². The first-order valence-electron chi connectivity index (χ1n) is 10.8. The van der Waals surface area contributed by atoms with E-state index in [4.69, 9.17) is 5.10 Å². The summed E-state index contributed by atoms with van der Waals surface area (Å²) in [5.41, 5.74) is 1.67. The molecule has 8 heteroatoms. The van der Waals surface area contributed by atoms with Gasteiger partial charge < -0.3 is 10.6 Å². The summed E-state index contributed by atoms with van der Waals surface area (Å²) < 4.78 is 1.64. The zero-order valence-electron chi connectivity index (χ0n) is 17.5. The van der Waals surface area contributed by atoms with Crippen molar-refractivity contribution in [3.05, 3.63) is 36.4 Å². The number of hydrogen-bond donors (Lipinski definition) is 4. The third-order valence-electron chi connectivity index (χ3n) is 6.10. The second-order valence-electron chi connectivity index (χ2n) is 8.31. The molecule has 1 saturated carbocycles. The van der Waals surface area contributed by atoms with Crippen LogP contribution in [0.5, 0.6) is 0 Å². The minimum absolute atomic E-state index is 0.0166. The van der Waals surface area contributed by atoms with Crippen LogP contribution in [0.2, 0.25) is 0 Å². The molecule has 30 heavy (non-hydrogen) atoms. The van der Waals surface area contributed by atoms with Gasteiger partial charge in [0.2, 0.25) is 5.91 Å². The molecule has 8 nitrogen and oxygen atoms in total. The van der Waals surface area contributed by atoms with Crippen LogP contribution in [0.4, 0.5) is 10.6 Å². The van der Waals surface area contributed by atoms with Crippen molar-refractivity contribution in [3.63, 3.8) is 0 Å². The predicted molar refractivity (Wildman–Crippen MR) is 116 cm³/mol. The Morgan fingerprint density at radius 1 is 1.13 bits per heavy atom. The summed E-state index contributed by atoms with van der Waals surface area (Å²) in [7, 11) is 0. The summed E-state index contributed by atoms with van der Waals surface area (Å²) in [6.45, 7) is 3.86. The van der Waals surface area contributed by atoms with Crippen molar-refractivity contribution < 1.29 is 9.59 Å². The summed E-state index contributed by atoms with van der Waals surface area (Å²) in [6.07, 6.45) is 5.02. The lowest BCUT2D eigenvalue weighted by molar-refractivity contribution is -0.130. The molecule has 0 bridgehead atoms. The van der Waals surface area contributed by atoms with Crippen LogP contribution in [0.3, 0.4) is 0 Å². The van der Waals surface area contributed by atoms with Crippen LogP contribution in [0.25, 0.3) is 11.3 Å². The molecule has 3 amide bonds. The summed E-state index contributed by atoms with van der Waals surface area (Å²) in [6, 6.07) is 11.6. The molecule has 0 spiro atoms. The van der Waals surface area contributed by atoms with Gasteiger partial charge in [0.25, 0.3) is 0 Å². The van der Waals surface area contributed by atoms with Crippen LogP contribution >= 0.6 is 0 Å². The van der Waals surface area contributed by atoms with Gasteiger partial charge in [0.15, 0.2) is 6.29 Å². The van der Waals surface area contributed by atoms with E-state index in [-0.39, 0.29) is 29.9 Å². The van der Waals surface area contributed by atoms with Crippen molar-refractivity contribution >= 4 is 17.8 Å². The largest absolute Gasteiger partial charge is 0.335 e. The molecular formula is C22H30N6O2. The number of urea groups is 1. The van der Waals surface area contributed by atoms with Gasteiger partial charge in [-0.25, -0.2) is 9.48 Å². The van der Waals surface area contributed by atoms with E-state index < -0.39 is 6.29 Å². The minimum Gasteiger partial charge on any atom is -0.335 e. The quantitative estimate of drug-likeness (QED) is 0.622. The zero-order chi connectivity index (χ0) is 21.1. The highest BCUT2D eigenvalue weighted by Crippen LogP contribution is 2.25. The molecule has 3 atom stereocenters. The van der Waals surface area contributed by atoms with E-state index >= 15 is 0 Å². The van der Waals surface area contributed by atoms with Gasteiger partial charge in [0.1, 0.15) is 5.82 Å². The molecule has 1 saturated heterocycles. The number of amides is 3. The Balaban J connectivity index is 1.58. The maximum absolute atomic E-state index is 12.7. The number of rotatable bonds is 4. The van der Waals surface area contributed by atoms with Crippen molar-refractivity contribution in [2.75, 3.05) is 5.32 Å². The van der Waals surface area contributed by atoms with Gasteiger partial charge in [-0.05, 0) is 19.8 Å². The fraction of sp³-hybridized carbons (Fsp3) is 0.500. The highest BCUT2D eigenvalue weighted by atomic mass is 16.2. The highest BCUT2D eigenvalue weighted by molar-refractivity contribution is 5.89. The number of nitrogens with zero attached hydrogens (tertiary/aromatic N) is 2. The lowest BCUT2D eigenvalue weighted by atomic mass is 9.96. The normalized spacial score (nSPS) is 24.9.